The average molecular weight is 332 g/mol. The number of aryl methyl sites for hydroxylation is 1. The third kappa shape index (κ3) is 4.47. The fourth-order valence-corrected chi connectivity index (χ4v) is 3.07. The van der Waals surface area contributed by atoms with E-state index in [1.807, 2.05) is 6.92 Å². The Hall–Kier alpha value is -0.580. The van der Waals surface area contributed by atoms with E-state index in [0.717, 1.165) is 5.69 Å². The molecule has 110 valence electrons. The number of aromatic nitrogens is 1. The molecule has 3 nitrogen and oxygen atoms in total. The normalized spacial score (nSPS) is 16.6. The Morgan fingerprint density at radius 3 is 2.50 bits per heavy atom. The van der Waals surface area contributed by atoms with Crippen LogP contribution >= 0.6 is 35.4 Å². The molecule has 0 amide bonds. The van der Waals surface area contributed by atoms with Crippen LogP contribution in [-0.4, -0.2) is 16.1 Å². The zero-order valence-corrected chi connectivity index (χ0v) is 13.8. The van der Waals surface area contributed by atoms with E-state index in [2.05, 4.69) is 15.6 Å². The molecule has 0 aliphatic heterocycles. The third-order valence-electron chi connectivity index (χ3n) is 3.53. The van der Waals surface area contributed by atoms with Crippen molar-refractivity contribution in [3.05, 3.63) is 21.8 Å². The Bertz CT molecular complexity index is 486. The maximum atomic E-state index is 6.12. The number of nitrogens with one attached hydrogen (secondary N) is 2. The summed E-state index contributed by atoms with van der Waals surface area (Å²) in [5, 5.41) is 8.03. The summed E-state index contributed by atoms with van der Waals surface area (Å²) in [7, 11) is 0. The molecule has 1 aliphatic rings. The van der Waals surface area contributed by atoms with Crippen LogP contribution < -0.4 is 10.6 Å². The first-order chi connectivity index (χ1) is 9.56. The lowest BCUT2D eigenvalue weighted by Gasteiger charge is -2.19. The molecule has 2 rings (SSSR count). The second-order valence-electron chi connectivity index (χ2n) is 5.17. The van der Waals surface area contributed by atoms with Crippen LogP contribution in [0, 0.1) is 6.92 Å². The molecule has 6 heteroatoms. The average Bonchev–Trinajstić information content (AvgIpc) is 2.64. The highest BCUT2D eigenvalue weighted by Crippen LogP contribution is 2.25. The van der Waals surface area contributed by atoms with Gasteiger partial charge in [0.15, 0.2) is 10.9 Å². The second-order valence-corrected chi connectivity index (χ2v) is 6.40. The predicted octanol–water partition coefficient (Wildman–Crippen LogP) is 4.71. The number of rotatable bonds is 2. The van der Waals surface area contributed by atoms with Crippen molar-refractivity contribution >= 4 is 46.4 Å². The van der Waals surface area contributed by atoms with E-state index in [1.165, 1.54) is 38.5 Å². The van der Waals surface area contributed by atoms with Crippen LogP contribution in [0.2, 0.25) is 10.0 Å². The molecule has 1 fully saturated rings. The molecular formula is C14H19Cl2N3S. The first-order valence-corrected chi connectivity index (χ1v) is 8.13. The smallest absolute Gasteiger partial charge is 0.172 e. The lowest BCUT2D eigenvalue weighted by molar-refractivity contribution is 0.535. The number of hydrogen-bond donors (Lipinski definition) is 2. The van der Waals surface area contributed by atoms with Gasteiger partial charge in [-0.1, -0.05) is 48.9 Å². The highest BCUT2D eigenvalue weighted by molar-refractivity contribution is 7.80. The summed E-state index contributed by atoms with van der Waals surface area (Å²) in [4.78, 5) is 4.32. The minimum Gasteiger partial charge on any atom is -0.360 e. The molecule has 1 saturated carbocycles. The van der Waals surface area contributed by atoms with Crippen molar-refractivity contribution in [3.63, 3.8) is 0 Å². The standard InChI is InChI=1S/C14H19Cl2N3S/c1-9-11(15)8-12(16)13(17-9)19-14(20)18-10-6-4-2-3-5-7-10/h8,10H,2-7H2,1H3,(H2,17,18,19,20). The van der Waals surface area contributed by atoms with Gasteiger partial charge in [0.25, 0.3) is 0 Å². The molecule has 2 N–H and O–H groups in total. The zero-order valence-electron chi connectivity index (χ0n) is 11.5. The van der Waals surface area contributed by atoms with Gasteiger partial charge in [-0.05, 0) is 38.0 Å². The molecule has 1 aliphatic carbocycles. The van der Waals surface area contributed by atoms with Gasteiger partial charge in [-0.25, -0.2) is 4.98 Å². The van der Waals surface area contributed by atoms with Crippen LogP contribution in [0.5, 0.6) is 0 Å². The molecule has 0 unspecified atom stereocenters. The summed E-state index contributed by atoms with van der Waals surface area (Å²) in [5.41, 5.74) is 0.732. The first kappa shape index (κ1) is 15.8. The fraction of sp³-hybridized carbons (Fsp3) is 0.571. The first-order valence-electron chi connectivity index (χ1n) is 6.96. The van der Waals surface area contributed by atoms with Crippen molar-refractivity contribution in [2.24, 2.45) is 0 Å². The summed E-state index contributed by atoms with van der Waals surface area (Å²) in [6.45, 7) is 1.84. The van der Waals surface area contributed by atoms with Gasteiger partial charge in [-0.15, -0.1) is 0 Å². The number of hydrogen-bond acceptors (Lipinski definition) is 2. The minimum absolute atomic E-state index is 0.449. The highest BCUT2D eigenvalue weighted by Gasteiger charge is 2.14. The van der Waals surface area contributed by atoms with Crippen molar-refractivity contribution in [2.45, 2.75) is 51.5 Å². The van der Waals surface area contributed by atoms with E-state index in [1.54, 1.807) is 6.07 Å². The van der Waals surface area contributed by atoms with Gasteiger partial charge >= 0.3 is 0 Å². The van der Waals surface area contributed by atoms with E-state index in [4.69, 9.17) is 35.4 Å². The van der Waals surface area contributed by atoms with Crippen molar-refractivity contribution in [3.8, 4) is 0 Å². The second kappa shape index (κ2) is 7.43. The van der Waals surface area contributed by atoms with Gasteiger partial charge in [-0.3, -0.25) is 0 Å². The van der Waals surface area contributed by atoms with Crippen LogP contribution in [0.1, 0.15) is 44.2 Å². The molecule has 0 bridgehead atoms. The number of nitrogens with zero attached hydrogens (tertiary/aromatic N) is 1. The van der Waals surface area contributed by atoms with E-state index in [0.29, 0.717) is 27.0 Å². The molecule has 0 atom stereocenters. The van der Waals surface area contributed by atoms with E-state index >= 15 is 0 Å². The van der Waals surface area contributed by atoms with Crippen LogP contribution in [0.3, 0.4) is 0 Å². The number of thiocarbonyl (C=S) groups is 1. The SMILES string of the molecule is Cc1nc(NC(=S)NC2CCCCCC2)c(Cl)cc1Cl. The zero-order chi connectivity index (χ0) is 14.5. The Kier molecular flexibility index (Phi) is 5.87. The van der Waals surface area contributed by atoms with Gasteiger partial charge in [0.05, 0.1) is 15.7 Å². The quantitative estimate of drug-likeness (QED) is 0.608. The summed E-state index contributed by atoms with van der Waals surface area (Å²) in [5.74, 6) is 0.555. The van der Waals surface area contributed by atoms with Crippen molar-refractivity contribution < 1.29 is 0 Å². The van der Waals surface area contributed by atoms with Gasteiger partial charge in [0, 0.05) is 6.04 Å². The lowest BCUT2D eigenvalue weighted by Crippen LogP contribution is -2.37. The van der Waals surface area contributed by atoms with Gasteiger partial charge in [0.1, 0.15) is 0 Å². The lowest BCUT2D eigenvalue weighted by atomic mass is 10.1. The fourth-order valence-electron chi connectivity index (χ4n) is 2.40. The van der Waals surface area contributed by atoms with Gasteiger partial charge in [0.2, 0.25) is 0 Å². The molecule has 20 heavy (non-hydrogen) atoms. The largest absolute Gasteiger partial charge is 0.360 e. The molecular weight excluding hydrogens is 313 g/mol. The Balaban J connectivity index is 1.95. The Morgan fingerprint density at radius 1 is 1.20 bits per heavy atom. The summed E-state index contributed by atoms with van der Waals surface area (Å²) < 4.78 is 0. The maximum absolute atomic E-state index is 6.12. The molecule has 0 radical (unpaired) electrons. The minimum atomic E-state index is 0.449. The van der Waals surface area contributed by atoms with E-state index in [-0.39, 0.29) is 0 Å². The van der Waals surface area contributed by atoms with Crippen LogP contribution in [0.4, 0.5) is 5.82 Å². The highest BCUT2D eigenvalue weighted by atomic mass is 35.5. The Labute approximate surface area is 135 Å². The molecule has 1 heterocycles. The van der Waals surface area contributed by atoms with Crippen molar-refractivity contribution in [2.75, 3.05) is 5.32 Å². The van der Waals surface area contributed by atoms with E-state index in [9.17, 15) is 0 Å². The van der Waals surface area contributed by atoms with Crippen LogP contribution in [0.25, 0.3) is 0 Å². The predicted molar refractivity (Wildman–Crippen MR) is 89.8 cm³/mol. The van der Waals surface area contributed by atoms with Crippen molar-refractivity contribution in [1.82, 2.24) is 10.3 Å². The third-order valence-corrected chi connectivity index (χ3v) is 4.42. The van der Waals surface area contributed by atoms with Gasteiger partial charge in [-0.2, -0.15) is 0 Å². The molecule has 0 saturated heterocycles. The molecule has 0 aromatic carbocycles. The number of pyridine rings is 1. The number of anilines is 1. The number of halogens is 2. The van der Waals surface area contributed by atoms with Crippen LogP contribution in [-0.2, 0) is 0 Å². The molecule has 0 spiro atoms. The summed E-state index contributed by atoms with van der Waals surface area (Å²) in [6, 6.07) is 2.13. The monoisotopic (exact) mass is 331 g/mol. The summed E-state index contributed by atoms with van der Waals surface area (Å²) >= 11 is 17.4. The molecule has 1 aromatic rings. The Morgan fingerprint density at radius 2 is 1.85 bits per heavy atom. The van der Waals surface area contributed by atoms with Crippen LogP contribution in [0.15, 0.2) is 6.07 Å². The van der Waals surface area contributed by atoms with Gasteiger partial charge < -0.3 is 10.6 Å². The molecule has 1 aromatic heterocycles. The summed E-state index contributed by atoms with van der Waals surface area (Å²) in [6.07, 6.45) is 7.51. The van der Waals surface area contributed by atoms with Crippen molar-refractivity contribution in [1.29, 1.82) is 0 Å². The van der Waals surface area contributed by atoms with E-state index < -0.39 is 0 Å². The topological polar surface area (TPSA) is 37.0 Å². The maximum Gasteiger partial charge on any atom is 0.172 e.